The molecule has 0 radical (unpaired) electrons. The van der Waals surface area contributed by atoms with Gasteiger partial charge in [0.15, 0.2) is 0 Å². The maximum absolute atomic E-state index is 8.87. The molecule has 0 aromatic carbocycles. The van der Waals surface area contributed by atoms with Gasteiger partial charge >= 0.3 is 0 Å². The third-order valence-electron chi connectivity index (χ3n) is 2.28. The lowest BCUT2D eigenvalue weighted by molar-refractivity contribution is 0.367. The third kappa shape index (κ3) is 5.62. The SMILES string of the molecule is CCC(C)C(C#N)NCCN(C)C. The summed E-state index contributed by atoms with van der Waals surface area (Å²) in [7, 11) is 4.07. The van der Waals surface area contributed by atoms with Gasteiger partial charge in [0.05, 0.1) is 12.1 Å². The highest BCUT2D eigenvalue weighted by Crippen LogP contribution is 2.05. The van der Waals surface area contributed by atoms with Crippen LogP contribution in [-0.4, -0.2) is 38.1 Å². The van der Waals surface area contributed by atoms with Gasteiger partial charge in [-0.15, -0.1) is 0 Å². The Balaban J connectivity index is 3.68. The number of likely N-dealkylation sites (N-methyl/N-ethyl adjacent to an activating group) is 1. The van der Waals surface area contributed by atoms with E-state index in [1.165, 1.54) is 0 Å². The van der Waals surface area contributed by atoms with Gasteiger partial charge in [-0.2, -0.15) is 5.26 Å². The minimum atomic E-state index is 0.00458. The molecule has 0 aromatic rings. The summed E-state index contributed by atoms with van der Waals surface area (Å²) < 4.78 is 0. The number of hydrogen-bond acceptors (Lipinski definition) is 3. The van der Waals surface area contributed by atoms with Crippen molar-refractivity contribution in [3.05, 3.63) is 0 Å². The summed E-state index contributed by atoms with van der Waals surface area (Å²) in [5.41, 5.74) is 0. The Labute approximate surface area is 81.7 Å². The second kappa shape index (κ2) is 6.88. The molecule has 0 fully saturated rings. The zero-order valence-electron chi connectivity index (χ0n) is 9.17. The highest BCUT2D eigenvalue weighted by molar-refractivity contribution is 4.92. The van der Waals surface area contributed by atoms with Crippen LogP contribution >= 0.6 is 0 Å². The van der Waals surface area contributed by atoms with Gasteiger partial charge in [-0.05, 0) is 20.0 Å². The van der Waals surface area contributed by atoms with Crippen molar-refractivity contribution in [1.29, 1.82) is 5.26 Å². The minimum absolute atomic E-state index is 0.00458. The van der Waals surface area contributed by atoms with E-state index in [4.69, 9.17) is 5.26 Å². The maximum Gasteiger partial charge on any atom is 0.0979 e. The van der Waals surface area contributed by atoms with Crippen LogP contribution < -0.4 is 5.32 Å². The molecular weight excluding hydrogens is 162 g/mol. The summed E-state index contributed by atoms with van der Waals surface area (Å²) in [4.78, 5) is 2.11. The average molecular weight is 183 g/mol. The Kier molecular flexibility index (Phi) is 6.56. The van der Waals surface area contributed by atoms with Crippen molar-refractivity contribution in [1.82, 2.24) is 10.2 Å². The quantitative estimate of drug-likeness (QED) is 0.669. The number of rotatable bonds is 6. The zero-order chi connectivity index (χ0) is 10.3. The van der Waals surface area contributed by atoms with Crippen LogP contribution in [0.25, 0.3) is 0 Å². The largest absolute Gasteiger partial charge is 0.308 e. The van der Waals surface area contributed by atoms with E-state index < -0.39 is 0 Å². The fourth-order valence-corrected chi connectivity index (χ4v) is 1.05. The molecule has 1 N–H and O–H groups in total. The highest BCUT2D eigenvalue weighted by Gasteiger charge is 2.13. The number of nitrogens with zero attached hydrogens (tertiary/aromatic N) is 2. The van der Waals surface area contributed by atoms with Crippen LogP contribution in [0.4, 0.5) is 0 Å². The lowest BCUT2D eigenvalue weighted by atomic mass is 10.0. The van der Waals surface area contributed by atoms with E-state index in [9.17, 15) is 0 Å². The van der Waals surface area contributed by atoms with Gasteiger partial charge in [-0.3, -0.25) is 0 Å². The Bertz CT molecular complexity index is 160. The van der Waals surface area contributed by atoms with Gasteiger partial charge in [0, 0.05) is 13.1 Å². The molecule has 0 saturated carbocycles. The van der Waals surface area contributed by atoms with Crippen LogP contribution in [0.1, 0.15) is 20.3 Å². The molecule has 3 heteroatoms. The molecule has 0 heterocycles. The fourth-order valence-electron chi connectivity index (χ4n) is 1.05. The lowest BCUT2D eigenvalue weighted by Gasteiger charge is -2.18. The number of hydrogen-bond donors (Lipinski definition) is 1. The standard InChI is InChI=1S/C10H21N3/c1-5-9(2)10(8-11)12-6-7-13(3)4/h9-10,12H,5-7H2,1-4H3. The number of nitrogens with one attached hydrogen (secondary N) is 1. The molecular formula is C10H21N3. The van der Waals surface area contributed by atoms with E-state index in [0.717, 1.165) is 19.5 Å². The first-order valence-corrected chi connectivity index (χ1v) is 4.89. The molecule has 0 aliphatic heterocycles. The molecule has 2 atom stereocenters. The van der Waals surface area contributed by atoms with Gasteiger partial charge in [-0.25, -0.2) is 0 Å². The zero-order valence-corrected chi connectivity index (χ0v) is 9.17. The first-order chi connectivity index (χ1) is 6.11. The van der Waals surface area contributed by atoms with E-state index in [1.54, 1.807) is 0 Å². The molecule has 0 amide bonds. The van der Waals surface area contributed by atoms with Crippen LogP contribution in [0.15, 0.2) is 0 Å². The van der Waals surface area contributed by atoms with E-state index in [1.807, 2.05) is 14.1 Å². The van der Waals surface area contributed by atoms with Crippen molar-refractivity contribution in [3.8, 4) is 6.07 Å². The summed E-state index contributed by atoms with van der Waals surface area (Å²) in [5, 5.41) is 12.1. The van der Waals surface area contributed by atoms with E-state index in [0.29, 0.717) is 5.92 Å². The van der Waals surface area contributed by atoms with Crippen molar-refractivity contribution < 1.29 is 0 Å². The molecule has 13 heavy (non-hydrogen) atoms. The molecule has 3 nitrogen and oxygen atoms in total. The van der Waals surface area contributed by atoms with Crippen molar-refractivity contribution >= 4 is 0 Å². The summed E-state index contributed by atoms with van der Waals surface area (Å²) in [6.07, 6.45) is 1.05. The molecule has 0 aliphatic carbocycles. The monoisotopic (exact) mass is 183 g/mol. The molecule has 0 aromatic heterocycles. The summed E-state index contributed by atoms with van der Waals surface area (Å²) in [6.45, 7) is 6.09. The Morgan fingerprint density at radius 1 is 1.46 bits per heavy atom. The van der Waals surface area contributed by atoms with Crippen LogP contribution in [0.2, 0.25) is 0 Å². The van der Waals surface area contributed by atoms with Crippen LogP contribution in [0, 0.1) is 17.2 Å². The van der Waals surface area contributed by atoms with E-state index >= 15 is 0 Å². The smallest absolute Gasteiger partial charge is 0.0979 e. The molecule has 0 saturated heterocycles. The van der Waals surface area contributed by atoms with Gasteiger partial charge < -0.3 is 10.2 Å². The van der Waals surface area contributed by atoms with Gasteiger partial charge in [-0.1, -0.05) is 20.3 Å². The van der Waals surface area contributed by atoms with Crippen molar-refractivity contribution in [3.63, 3.8) is 0 Å². The fraction of sp³-hybridized carbons (Fsp3) is 0.900. The lowest BCUT2D eigenvalue weighted by Crippen LogP contribution is -2.37. The summed E-state index contributed by atoms with van der Waals surface area (Å²) >= 11 is 0. The Morgan fingerprint density at radius 3 is 2.46 bits per heavy atom. The van der Waals surface area contributed by atoms with Crippen molar-refractivity contribution in [2.24, 2.45) is 5.92 Å². The molecule has 2 unspecified atom stereocenters. The predicted octanol–water partition coefficient (Wildman–Crippen LogP) is 1.08. The van der Waals surface area contributed by atoms with Crippen molar-refractivity contribution in [2.75, 3.05) is 27.2 Å². The second-order valence-corrected chi connectivity index (χ2v) is 3.75. The molecule has 0 aliphatic rings. The first-order valence-electron chi connectivity index (χ1n) is 4.89. The van der Waals surface area contributed by atoms with E-state index in [-0.39, 0.29) is 6.04 Å². The molecule has 0 spiro atoms. The summed E-state index contributed by atoms with van der Waals surface area (Å²) in [6, 6.07) is 2.30. The third-order valence-corrected chi connectivity index (χ3v) is 2.28. The topological polar surface area (TPSA) is 39.1 Å². The number of nitriles is 1. The van der Waals surface area contributed by atoms with Crippen LogP contribution in [0.5, 0.6) is 0 Å². The van der Waals surface area contributed by atoms with Crippen LogP contribution in [-0.2, 0) is 0 Å². The summed E-state index contributed by atoms with van der Waals surface area (Å²) in [5.74, 6) is 0.437. The van der Waals surface area contributed by atoms with Gasteiger partial charge in [0.2, 0.25) is 0 Å². The molecule has 0 rings (SSSR count). The van der Waals surface area contributed by atoms with Crippen LogP contribution in [0.3, 0.4) is 0 Å². The Hall–Kier alpha value is -0.590. The normalized spacial score (nSPS) is 15.4. The van der Waals surface area contributed by atoms with E-state index in [2.05, 4.69) is 30.1 Å². The molecule has 0 bridgehead atoms. The average Bonchev–Trinajstić information content (AvgIpc) is 2.11. The molecule has 76 valence electrons. The first kappa shape index (κ1) is 12.4. The van der Waals surface area contributed by atoms with Crippen molar-refractivity contribution in [2.45, 2.75) is 26.3 Å². The minimum Gasteiger partial charge on any atom is -0.308 e. The Morgan fingerprint density at radius 2 is 2.08 bits per heavy atom. The predicted molar refractivity (Wildman–Crippen MR) is 55.4 cm³/mol. The highest BCUT2D eigenvalue weighted by atomic mass is 15.1. The maximum atomic E-state index is 8.87. The van der Waals surface area contributed by atoms with Gasteiger partial charge in [0.25, 0.3) is 0 Å². The van der Waals surface area contributed by atoms with Gasteiger partial charge in [0.1, 0.15) is 0 Å². The second-order valence-electron chi connectivity index (χ2n) is 3.75.